The average Bonchev–Trinajstić information content (AvgIpc) is 2.76. The number of carbonyl (C=O) groups excluding carboxylic acids is 3. The molecule has 1 saturated carbocycles. The fraction of sp³-hybridized carbons (Fsp3) is 0.240. The monoisotopic (exact) mass is 463 g/mol. The zero-order valence-corrected chi connectivity index (χ0v) is 17.8. The van der Waals surface area contributed by atoms with Gasteiger partial charge in [-0.15, -0.1) is 0 Å². The van der Waals surface area contributed by atoms with Crippen LogP contribution in [0.4, 0.5) is 0 Å². The number of amides is 1. The van der Waals surface area contributed by atoms with E-state index >= 15 is 0 Å². The molecule has 0 aromatic heterocycles. The van der Waals surface area contributed by atoms with Crippen molar-refractivity contribution < 1.29 is 39.9 Å². The summed E-state index contributed by atoms with van der Waals surface area (Å²) in [6.07, 6.45) is -0.132. The van der Waals surface area contributed by atoms with Crippen molar-refractivity contribution in [3.05, 3.63) is 64.4 Å². The molecule has 3 aliphatic carbocycles. The number of aliphatic hydroxyl groups excluding tert-OH is 2. The third kappa shape index (κ3) is 2.80. The maximum absolute atomic E-state index is 13.5. The number of fused-ring (bicyclic) bond motifs is 3. The zero-order valence-electron chi connectivity index (χ0n) is 17.8. The van der Waals surface area contributed by atoms with Crippen LogP contribution in [0.15, 0.2) is 53.3 Å². The lowest BCUT2D eigenvalue weighted by atomic mass is 9.59. The van der Waals surface area contributed by atoms with Crippen molar-refractivity contribution in [1.82, 2.24) is 0 Å². The van der Waals surface area contributed by atoms with Crippen molar-refractivity contribution in [3.63, 3.8) is 0 Å². The van der Waals surface area contributed by atoms with Crippen molar-refractivity contribution in [1.29, 1.82) is 0 Å². The number of nitrogens with two attached hydrogens (primary N) is 1. The van der Waals surface area contributed by atoms with Gasteiger partial charge in [-0.3, -0.25) is 14.4 Å². The maximum Gasteiger partial charge on any atom is 0.255 e. The lowest BCUT2D eigenvalue weighted by Gasteiger charge is -2.46. The summed E-state index contributed by atoms with van der Waals surface area (Å²) < 4.78 is 0. The molecule has 0 saturated heterocycles. The lowest BCUT2D eigenvalue weighted by Crippen LogP contribution is -2.58. The highest BCUT2D eigenvalue weighted by atomic mass is 16.3. The second-order valence-electron chi connectivity index (χ2n) is 8.94. The highest BCUT2D eigenvalue weighted by Gasteiger charge is 2.60. The first-order valence-electron chi connectivity index (χ1n) is 10.7. The maximum atomic E-state index is 13.5. The number of carbonyl (C=O) groups is 3. The van der Waals surface area contributed by atoms with Gasteiger partial charge in [0.25, 0.3) is 5.91 Å². The molecule has 1 fully saturated rings. The van der Waals surface area contributed by atoms with Crippen LogP contribution >= 0.6 is 0 Å². The Bertz CT molecular complexity index is 1370. The van der Waals surface area contributed by atoms with E-state index in [2.05, 4.69) is 0 Å². The van der Waals surface area contributed by atoms with E-state index in [1.165, 1.54) is 18.2 Å². The molecule has 5 rings (SSSR count). The highest BCUT2D eigenvalue weighted by Crippen LogP contribution is 2.53. The Hall–Kier alpha value is -4.11. The summed E-state index contributed by atoms with van der Waals surface area (Å²) in [5.41, 5.74) is 3.38. The fourth-order valence-electron chi connectivity index (χ4n) is 5.57. The third-order valence-electron chi connectivity index (χ3n) is 7.10. The van der Waals surface area contributed by atoms with E-state index in [-0.39, 0.29) is 41.9 Å². The molecule has 9 nitrogen and oxygen atoms in total. The van der Waals surface area contributed by atoms with Crippen LogP contribution in [0.2, 0.25) is 0 Å². The largest absolute Gasteiger partial charge is 0.508 e. The van der Waals surface area contributed by atoms with Crippen LogP contribution < -0.4 is 5.73 Å². The summed E-state index contributed by atoms with van der Waals surface area (Å²) in [6, 6.07) is 9.43. The zero-order chi connectivity index (χ0) is 24.5. The summed E-state index contributed by atoms with van der Waals surface area (Å²) in [6.45, 7) is 0. The van der Waals surface area contributed by atoms with Crippen molar-refractivity contribution in [2.75, 3.05) is 0 Å². The first-order chi connectivity index (χ1) is 16.1. The summed E-state index contributed by atoms with van der Waals surface area (Å²) in [5, 5.41) is 53.4. The van der Waals surface area contributed by atoms with Gasteiger partial charge in [0, 0.05) is 17.9 Å². The topological polar surface area (TPSA) is 178 Å². The minimum Gasteiger partial charge on any atom is -0.508 e. The standard InChI is InChI=1S/C25H21NO8/c26-24(33)20-17(29)9-12-6-11-8-15-14(10-2-1-3-13(27)7-10)4-5-16(28)19(15)21(30)18(11)22(31)25(12,34)23(20)32/h1-5,7,11-12,27-28,30,32,34H,6,8-9H2,(H2,26,33)/t11-,12+,25+/m1/s1. The number of hydrogen-bond donors (Lipinski definition) is 6. The molecule has 9 heteroatoms. The molecule has 174 valence electrons. The van der Waals surface area contributed by atoms with E-state index in [1.807, 2.05) is 0 Å². The number of phenolic OH excluding ortho intramolecular Hbond substituents is 2. The lowest BCUT2D eigenvalue weighted by molar-refractivity contribution is -0.147. The third-order valence-corrected chi connectivity index (χ3v) is 7.10. The Morgan fingerprint density at radius 3 is 2.44 bits per heavy atom. The molecule has 0 unspecified atom stereocenters. The number of aliphatic hydroxyl groups is 3. The second kappa shape index (κ2) is 7.19. The van der Waals surface area contributed by atoms with E-state index in [0.29, 0.717) is 16.7 Å². The van der Waals surface area contributed by atoms with Gasteiger partial charge in [0.1, 0.15) is 28.6 Å². The molecule has 7 N–H and O–H groups in total. The van der Waals surface area contributed by atoms with E-state index in [9.17, 15) is 39.9 Å². The Kier molecular flexibility index (Phi) is 4.60. The van der Waals surface area contributed by atoms with Crippen LogP contribution in [0.1, 0.15) is 24.0 Å². The molecule has 3 aliphatic rings. The van der Waals surface area contributed by atoms with E-state index in [0.717, 1.165) is 0 Å². The Morgan fingerprint density at radius 1 is 1.03 bits per heavy atom. The first kappa shape index (κ1) is 21.7. The molecular formula is C25H21NO8. The number of benzene rings is 2. The van der Waals surface area contributed by atoms with Gasteiger partial charge in [-0.05, 0) is 53.6 Å². The van der Waals surface area contributed by atoms with Crippen LogP contribution in [0.25, 0.3) is 16.9 Å². The van der Waals surface area contributed by atoms with E-state index in [1.54, 1.807) is 18.2 Å². The number of aromatic hydroxyl groups is 2. The number of Topliss-reactive ketones (excluding diaryl/α,β-unsaturated/α-hetero) is 2. The molecule has 2 aromatic rings. The molecule has 3 atom stereocenters. The van der Waals surface area contributed by atoms with Crippen LogP contribution in [0.5, 0.6) is 11.5 Å². The average molecular weight is 463 g/mol. The van der Waals surface area contributed by atoms with Gasteiger partial charge in [-0.25, -0.2) is 0 Å². The summed E-state index contributed by atoms with van der Waals surface area (Å²) in [5.74, 6) is -6.63. The van der Waals surface area contributed by atoms with Gasteiger partial charge in [0.2, 0.25) is 5.78 Å². The Labute approximate surface area is 193 Å². The molecule has 0 bridgehead atoms. The first-order valence-corrected chi connectivity index (χ1v) is 10.7. The second-order valence-corrected chi connectivity index (χ2v) is 8.94. The number of primary amides is 1. The van der Waals surface area contributed by atoms with Crippen LogP contribution in [0.3, 0.4) is 0 Å². The predicted molar refractivity (Wildman–Crippen MR) is 118 cm³/mol. The van der Waals surface area contributed by atoms with Gasteiger partial charge in [0.15, 0.2) is 11.4 Å². The molecule has 0 aliphatic heterocycles. The number of ketones is 2. The smallest absolute Gasteiger partial charge is 0.255 e. The van der Waals surface area contributed by atoms with Gasteiger partial charge in [0.05, 0.1) is 5.56 Å². The molecule has 0 heterocycles. The SMILES string of the molecule is NC(=O)C1=C(O)[C@@]2(O)C(=O)C3=C(O)c4c(O)ccc(-c5cccc(O)c5)c4C[C@H]3C[C@H]2CC1=O. The van der Waals surface area contributed by atoms with Crippen molar-refractivity contribution in [2.24, 2.45) is 17.6 Å². The van der Waals surface area contributed by atoms with Crippen LogP contribution in [-0.2, 0) is 20.8 Å². The fourth-order valence-corrected chi connectivity index (χ4v) is 5.57. The molecule has 1 amide bonds. The van der Waals surface area contributed by atoms with Crippen LogP contribution in [-0.4, -0.2) is 48.6 Å². The molecule has 2 aromatic carbocycles. The molecule has 0 spiro atoms. The molecule has 34 heavy (non-hydrogen) atoms. The van der Waals surface area contributed by atoms with Crippen LogP contribution in [0, 0.1) is 11.8 Å². The van der Waals surface area contributed by atoms with Crippen molar-refractivity contribution in [3.8, 4) is 22.6 Å². The molecular weight excluding hydrogens is 442 g/mol. The normalized spacial score (nSPS) is 26.1. The van der Waals surface area contributed by atoms with Crippen molar-refractivity contribution in [2.45, 2.75) is 24.9 Å². The number of rotatable bonds is 2. The minimum atomic E-state index is -2.59. The van der Waals surface area contributed by atoms with Gasteiger partial charge in [-0.2, -0.15) is 0 Å². The summed E-state index contributed by atoms with van der Waals surface area (Å²) in [4.78, 5) is 37.6. The van der Waals surface area contributed by atoms with Gasteiger partial charge >= 0.3 is 0 Å². The predicted octanol–water partition coefficient (Wildman–Crippen LogP) is 1.80. The minimum absolute atomic E-state index is 0.00738. The quantitative estimate of drug-likeness (QED) is 0.365. The number of hydrogen-bond acceptors (Lipinski definition) is 8. The summed E-state index contributed by atoms with van der Waals surface area (Å²) in [7, 11) is 0. The molecule has 0 radical (unpaired) electrons. The van der Waals surface area contributed by atoms with Crippen molar-refractivity contribution >= 4 is 23.2 Å². The van der Waals surface area contributed by atoms with E-state index in [4.69, 9.17) is 5.73 Å². The summed E-state index contributed by atoms with van der Waals surface area (Å²) >= 11 is 0. The van der Waals surface area contributed by atoms with Gasteiger partial charge in [-0.1, -0.05) is 18.2 Å². The van der Waals surface area contributed by atoms with Gasteiger partial charge < -0.3 is 31.3 Å². The Morgan fingerprint density at radius 2 is 1.76 bits per heavy atom. The number of phenols is 2. The highest BCUT2D eigenvalue weighted by molar-refractivity contribution is 6.22. The van der Waals surface area contributed by atoms with E-state index < -0.39 is 52.0 Å². The Balaban J connectivity index is 1.71.